The maximum absolute atomic E-state index is 5.32. The third-order valence-electron chi connectivity index (χ3n) is 2.52. The summed E-state index contributed by atoms with van der Waals surface area (Å²) in [6.45, 7) is 6.26. The van der Waals surface area contributed by atoms with Crippen LogP contribution in [0.5, 0.6) is 0 Å². The van der Waals surface area contributed by atoms with Crippen molar-refractivity contribution < 1.29 is 4.74 Å². The normalized spacial score (nSPS) is 11.1. The van der Waals surface area contributed by atoms with E-state index < -0.39 is 0 Å². The van der Waals surface area contributed by atoms with Crippen molar-refractivity contribution in [3.63, 3.8) is 0 Å². The molecule has 0 saturated heterocycles. The van der Waals surface area contributed by atoms with Crippen molar-refractivity contribution in [3.05, 3.63) is 29.6 Å². The van der Waals surface area contributed by atoms with E-state index in [0.717, 1.165) is 38.5 Å². The lowest BCUT2D eigenvalue weighted by Crippen LogP contribution is -2.23. The Morgan fingerprint density at radius 3 is 2.82 bits per heavy atom. The van der Waals surface area contributed by atoms with Gasteiger partial charge in [-0.1, -0.05) is 6.07 Å². The van der Waals surface area contributed by atoms with Crippen molar-refractivity contribution in [1.29, 1.82) is 0 Å². The topological polar surface area (TPSA) is 37.4 Å². The molecule has 0 spiro atoms. The molecule has 0 unspecified atom stereocenters. The lowest BCUT2D eigenvalue weighted by molar-refractivity contribution is 0.120. The van der Waals surface area contributed by atoms with E-state index in [1.807, 2.05) is 20.2 Å². The quantitative estimate of drug-likeness (QED) is 0.691. The van der Waals surface area contributed by atoms with Crippen LogP contribution in [0.25, 0.3) is 0 Å². The molecule has 0 saturated carbocycles. The van der Waals surface area contributed by atoms with Crippen LogP contribution in [0, 0.1) is 0 Å². The van der Waals surface area contributed by atoms with Crippen molar-refractivity contribution in [2.45, 2.75) is 20.0 Å². The molecular formula is C13H23N3O. The van der Waals surface area contributed by atoms with Crippen molar-refractivity contribution in [2.24, 2.45) is 0 Å². The van der Waals surface area contributed by atoms with Crippen LogP contribution in [0.2, 0.25) is 0 Å². The highest BCUT2D eigenvalue weighted by Crippen LogP contribution is 2.02. The van der Waals surface area contributed by atoms with Gasteiger partial charge in [0.25, 0.3) is 0 Å². The highest BCUT2D eigenvalue weighted by Gasteiger charge is 2.01. The second kappa shape index (κ2) is 8.17. The van der Waals surface area contributed by atoms with E-state index in [4.69, 9.17) is 4.74 Å². The number of likely N-dealkylation sites (N-methyl/N-ethyl adjacent to an activating group) is 1. The van der Waals surface area contributed by atoms with Crippen LogP contribution in [-0.2, 0) is 17.8 Å². The first-order valence-electron chi connectivity index (χ1n) is 6.11. The van der Waals surface area contributed by atoms with Gasteiger partial charge in [0.15, 0.2) is 0 Å². The van der Waals surface area contributed by atoms with Crippen molar-refractivity contribution in [3.8, 4) is 0 Å². The van der Waals surface area contributed by atoms with Crippen molar-refractivity contribution >= 4 is 0 Å². The van der Waals surface area contributed by atoms with E-state index >= 15 is 0 Å². The van der Waals surface area contributed by atoms with E-state index in [1.165, 1.54) is 5.56 Å². The average molecular weight is 237 g/mol. The molecule has 0 aliphatic rings. The van der Waals surface area contributed by atoms with Crippen LogP contribution in [0.1, 0.15) is 18.2 Å². The second-order valence-electron chi connectivity index (χ2n) is 4.12. The summed E-state index contributed by atoms with van der Waals surface area (Å²) in [6, 6.07) is 4.21. The smallest absolute Gasteiger partial charge is 0.0593 e. The predicted octanol–water partition coefficient (Wildman–Crippen LogP) is 1.27. The Balaban J connectivity index is 2.34. The molecule has 0 radical (unpaired) electrons. The fraction of sp³-hybridized carbons (Fsp3) is 0.615. The Kier molecular flexibility index (Phi) is 6.77. The van der Waals surface area contributed by atoms with Gasteiger partial charge >= 0.3 is 0 Å². The number of pyridine rings is 1. The molecule has 1 rings (SSSR count). The zero-order chi connectivity index (χ0) is 12.5. The van der Waals surface area contributed by atoms with Gasteiger partial charge in [0, 0.05) is 32.4 Å². The summed E-state index contributed by atoms with van der Waals surface area (Å²) in [7, 11) is 4.03. The van der Waals surface area contributed by atoms with Crippen LogP contribution in [-0.4, -0.2) is 43.7 Å². The van der Waals surface area contributed by atoms with E-state index in [-0.39, 0.29) is 0 Å². The summed E-state index contributed by atoms with van der Waals surface area (Å²) in [5, 5.41) is 3.11. The molecule has 0 aromatic carbocycles. The molecule has 0 aliphatic heterocycles. The largest absolute Gasteiger partial charge is 0.380 e. The molecule has 4 heteroatoms. The number of ether oxygens (including phenoxy) is 1. The van der Waals surface area contributed by atoms with Gasteiger partial charge in [0.05, 0.1) is 12.3 Å². The maximum atomic E-state index is 5.32. The van der Waals surface area contributed by atoms with Crippen LogP contribution in [0.15, 0.2) is 18.3 Å². The predicted molar refractivity (Wildman–Crippen MR) is 69.8 cm³/mol. The van der Waals surface area contributed by atoms with Gasteiger partial charge in [-0.3, -0.25) is 9.88 Å². The highest BCUT2D eigenvalue weighted by molar-refractivity contribution is 5.13. The maximum Gasteiger partial charge on any atom is 0.0593 e. The standard InChI is InChI=1S/C13H23N3O/c1-4-17-8-7-16(3)11-13-6-5-12(9-14-2)10-15-13/h5-6,10,14H,4,7-9,11H2,1-3H3. The molecule has 1 aromatic heterocycles. The number of nitrogens with one attached hydrogen (secondary N) is 1. The molecule has 1 aromatic rings. The molecule has 4 nitrogen and oxygen atoms in total. The number of nitrogens with zero attached hydrogens (tertiary/aromatic N) is 2. The minimum Gasteiger partial charge on any atom is -0.380 e. The Hall–Kier alpha value is -0.970. The summed E-state index contributed by atoms with van der Waals surface area (Å²) in [6.07, 6.45) is 1.93. The highest BCUT2D eigenvalue weighted by atomic mass is 16.5. The van der Waals surface area contributed by atoms with Crippen LogP contribution in [0.3, 0.4) is 0 Å². The Bertz CT molecular complexity index is 300. The van der Waals surface area contributed by atoms with E-state index in [0.29, 0.717) is 0 Å². The molecule has 17 heavy (non-hydrogen) atoms. The van der Waals surface area contributed by atoms with Gasteiger partial charge in [0.2, 0.25) is 0 Å². The fourth-order valence-corrected chi connectivity index (χ4v) is 1.58. The minimum atomic E-state index is 0.783. The number of hydrogen-bond donors (Lipinski definition) is 1. The number of rotatable bonds is 8. The first-order chi connectivity index (χ1) is 8.26. The first-order valence-corrected chi connectivity index (χ1v) is 6.11. The van der Waals surface area contributed by atoms with E-state index in [1.54, 1.807) is 0 Å². The minimum absolute atomic E-state index is 0.783. The third-order valence-corrected chi connectivity index (χ3v) is 2.52. The van der Waals surface area contributed by atoms with Crippen molar-refractivity contribution in [2.75, 3.05) is 33.9 Å². The van der Waals surface area contributed by atoms with E-state index in [2.05, 4.69) is 34.4 Å². The summed E-state index contributed by atoms with van der Waals surface area (Å²) in [5.41, 5.74) is 2.32. The van der Waals surface area contributed by atoms with Gasteiger partial charge in [0.1, 0.15) is 0 Å². The van der Waals surface area contributed by atoms with E-state index in [9.17, 15) is 0 Å². The molecule has 0 aliphatic carbocycles. The molecule has 0 amide bonds. The zero-order valence-corrected chi connectivity index (χ0v) is 11.1. The molecular weight excluding hydrogens is 214 g/mol. The number of hydrogen-bond acceptors (Lipinski definition) is 4. The average Bonchev–Trinajstić information content (AvgIpc) is 2.32. The molecule has 0 fully saturated rings. The third kappa shape index (κ3) is 5.77. The van der Waals surface area contributed by atoms with Gasteiger partial charge in [-0.15, -0.1) is 0 Å². The van der Waals surface area contributed by atoms with Crippen LogP contribution in [0.4, 0.5) is 0 Å². The molecule has 0 bridgehead atoms. The Morgan fingerprint density at radius 1 is 1.41 bits per heavy atom. The van der Waals surface area contributed by atoms with Crippen LogP contribution >= 0.6 is 0 Å². The van der Waals surface area contributed by atoms with Crippen molar-refractivity contribution in [1.82, 2.24) is 15.2 Å². The monoisotopic (exact) mass is 237 g/mol. The molecule has 96 valence electrons. The van der Waals surface area contributed by atoms with Crippen LogP contribution < -0.4 is 5.32 Å². The van der Waals surface area contributed by atoms with Gasteiger partial charge in [-0.25, -0.2) is 0 Å². The Morgan fingerprint density at radius 2 is 2.24 bits per heavy atom. The molecule has 1 N–H and O–H groups in total. The summed E-state index contributed by atoms with van der Waals surface area (Å²) >= 11 is 0. The van der Waals surface area contributed by atoms with Gasteiger partial charge < -0.3 is 10.1 Å². The Labute approximate surface area is 104 Å². The summed E-state index contributed by atoms with van der Waals surface area (Å²) in [4.78, 5) is 6.66. The second-order valence-corrected chi connectivity index (χ2v) is 4.12. The number of aromatic nitrogens is 1. The SMILES string of the molecule is CCOCCN(C)Cc1ccc(CNC)cn1. The fourth-order valence-electron chi connectivity index (χ4n) is 1.58. The lowest BCUT2D eigenvalue weighted by Gasteiger charge is -2.15. The van der Waals surface area contributed by atoms with Gasteiger partial charge in [-0.05, 0) is 32.6 Å². The first kappa shape index (κ1) is 14.1. The molecule has 0 atom stereocenters. The summed E-state index contributed by atoms with van der Waals surface area (Å²) < 4.78 is 5.32. The summed E-state index contributed by atoms with van der Waals surface area (Å²) in [5.74, 6) is 0. The van der Waals surface area contributed by atoms with Gasteiger partial charge in [-0.2, -0.15) is 0 Å². The molecule has 1 heterocycles. The lowest BCUT2D eigenvalue weighted by atomic mass is 10.2. The zero-order valence-electron chi connectivity index (χ0n) is 11.1.